The Morgan fingerprint density at radius 1 is 1.24 bits per heavy atom. The molecule has 1 heterocycles. The zero-order chi connectivity index (χ0) is 15.6. The lowest BCUT2D eigenvalue weighted by atomic mass is 9.88. The van der Waals surface area contributed by atoms with Crippen LogP contribution in [0.15, 0.2) is 33.2 Å². The molecule has 0 fully saturated rings. The van der Waals surface area contributed by atoms with Crippen LogP contribution in [0.25, 0.3) is 0 Å². The molecule has 2 rings (SSSR count). The average molecular weight is 415 g/mol. The molecule has 5 heteroatoms. The Balaban J connectivity index is 2.41. The maximum Gasteiger partial charge on any atom is 0.0766 e. The molecule has 0 aliphatic rings. The first-order chi connectivity index (χ1) is 9.90. The largest absolute Gasteiger partial charge is 0.321 e. The van der Waals surface area contributed by atoms with Gasteiger partial charge in [-0.25, -0.2) is 0 Å². The first-order valence-electron chi connectivity index (χ1n) is 7.18. The van der Waals surface area contributed by atoms with E-state index in [0.717, 1.165) is 45.3 Å². The molecule has 0 aliphatic heterocycles. The molecule has 3 nitrogen and oxygen atoms in total. The van der Waals surface area contributed by atoms with Crippen LogP contribution in [0.5, 0.6) is 0 Å². The number of nitrogens with zero attached hydrogens (tertiary/aromatic N) is 2. The molecular weight excluding hydrogens is 394 g/mol. The maximum atomic E-state index is 6.62. The van der Waals surface area contributed by atoms with Crippen molar-refractivity contribution >= 4 is 31.9 Å². The van der Waals surface area contributed by atoms with Gasteiger partial charge >= 0.3 is 0 Å². The van der Waals surface area contributed by atoms with E-state index in [1.54, 1.807) is 0 Å². The fourth-order valence-corrected chi connectivity index (χ4v) is 4.00. The zero-order valence-electron chi connectivity index (χ0n) is 12.7. The SMILES string of the molecule is CCc1nn(CC)c(CC(C)(N)c2ccccc2Br)c1Br. The third-order valence-corrected chi connectivity index (χ3v) is 5.32. The summed E-state index contributed by atoms with van der Waals surface area (Å²) in [5.74, 6) is 0. The Morgan fingerprint density at radius 2 is 1.90 bits per heavy atom. The van der Waals surface area contributed by atoms with Crippen molar-refractivity contribution in [3.05, 3.63) is 50.2 Å². The van der Waals surface area contributed by atoms with Gasteiger partial charge in [0.15, 0.2) is 0 Å². The van der Waals surface area contributed by atoms with Gasteiger partial charge in [-0.3, -0.25) is 4.68 Å². The smallest absolute Gasteiger partial charge is 0.0766 e. The Hall–Kier alpha value is -0.650. The number of aromatic nitrogens is 2. The summed E-state index contributed by atoms with van der Waals surface area (Å²) in [7, 11) is 0. The van der Waals surface area contributed by atoms with Crippen LogP contribution in [0.4, 0.5) is 0 Å². The predicted molar refractivity (Wildman–Crippen MR) is 94.4 cm³/mol. The van der Waals surface area contributed by atoms with Crippen LogP contribution in [0.1, 0.15) is 37.7 Å². The highest BCUT2D eigenvalue weighted by Gasteiger charge is 2.27. The van der Waals surface area contributed by atoms with Gasteiger partial charge in [-0.05, 0) is 47.8 Å². The average Bonchev–Trinajstić information content (AvgIpc) is 2.75. The van der Waals surface area contributed by atoms with E-state index in [0.29, 0.717) is 0 Å². The highest BCUT2D eigenvalue weighted by Crippen LogP contribution is 2.32. The number of halogens is 2. The van der Waals surface area contributed by atoms with Gasteiger partial charge in [0.05, 0.1) is 15.9 Å². The quantitative estimate of drug-likeness (QED) is 0.787. The first kappa shape index (κ1) is 16.7. The molecule has 1 aromatic heterocycles. The van der Waals surface area contributed by atoms with Crippen molar-refractivity contribution in [3.8, 4) is 0 Å². The molecule has 0 amide bonds. The van der Waals surface area contributed by atoms with Crippen LogP contribution in [-0.2, 0) is 24.9 Å². The van der Waals surface area contributed by atoms with Crippen LogP contribution in [0.3, 0.4) is 0 Å². The molecule has 21 heavy (non-hydrogen) atoms. The normalized spacial score (nSPS) is 14.2. The van der Waals surface area contributed by atoms with Crippen molar-refractivity contribution in [2.45, 2.75) is 45.7 Å². The summed E-state index contributed by atoms with van der Waals surface area (Å²) in [4.78, 5) is 0. The minimum atomic E-state index is -0.458. The van der Waals surface area contributed by atoms with Crippen molar-refractivity contribution in [2.24, 2.45) is 5.73 Å². The number of hydrogen-bond acceptors (Lipinski definition) is 2. The lowest BCUT2D eigenvalue weighted by molar-refractivity contribution is 0.461. The van der Waals surface area contributed by atoms with Crippen LogP contribution in [0.2, 0.25) is 0 Å². The van der Waals surface area contributed by atoms with Gasteiger partial charge in [0.25, 0.3) is 0 Å². The third kappa shape index (κ3) is 3.41. The first-order valence-corrected chi connectivity index (χ1v) is 8.77. The van der Waals surface area contributed by atoms with Gasteiger partial charge in [0, 0.05) is 23.0 Å². The molecule has 0 saturated carbocycles. The summed E-state index contributed by atoms with van der Waals surface area (Å²) in [6, 6.07) is 8.13. The van der Waals surface area contributed by atoms with Crippen LogP contribution >= 0.6 is 31.9 Å². The topological polar surface area (TPSA) is 43.8 Å². The lowest BCUT2D eigenvalue weighted by Crippen LogP contribution is -2.36. The number of rotatable bonds is 5. The van der Waals surface area contributed by atoms with E-state index >= 15 is 0 Å². The van der Waals surface area contributed by atoms with E-state index in [1.807, 2.05) is 22.9 Å². The third-order valence-electron chi connectivity index (χ3n) is 3.72. The zero-order valence-corrected chi connectivity index (χ0v) is 15.8. The number of aryl methyl sites for hydroxylation is 2. The van der Waals surface area contributed by atoms with E-state index < -0.39 is 5.54 Å². The Kier molecular flexibility index (Phi) is 5.28. The standard InChI is InChI=1S/C16H21Br2N3/c1-4-13-15(18)14(21(5-2)20-13)10-16(3,19)11-8-6-7-9-12(11)17/h6-9H,4-5,10,19H2,1-3H3. The van der Waals surface area contributed by atoms with Gasteiger partial charge in [0.2, 0.25) is 0 Å². The van der Waals surface area contributed by atoms with Crippen molar-refractivity contribution in [1.29, 1.82) is 0 Å². The number of benzene rings is 1. The van der Waals surface area contributed by atoms with Crippen molar-refractivity contribution in [1.82, 2.24) is 9.78 Å². The molecule has 114 valence electrons. The molecule has 1 atom stereocenters. The monoisotopic (exact) mass is 413 g/mol. The van der Waals surface area contributed by atoms with E-state index in [2.05, 4.69) is 63.8 Å². The van der Waals surface area contributed by atoms with Gasteiger partial charge in [0.1, 0.15) is 0 Å². The van der Waals surface area contributed by atoms with Crippen LogP contribution < -0.4 is 5.73 Å². The Bertz CT molecular complexity index is 632. The predicted octanol–water partition coefficient (Wildman–Crippen LogP) is 4.41. The van der Waals surface area contributed by atoms with Gasteiger partial charge in [-0.15, -0.1) is 0 Å². The maximum absolute atomic E-state index is 6.62. The molecular formula is C16H21Br2N3. The van der Waals surface area contributed by atoms with Gasteiger partial charge in [-0.2, -0.15) is 5.10 Å². The minimum absolute atomic E-state index is 0.458. The van der Waals surface area contributed by atoms with Crippen molar-refractivity contribution in [2.75, 3.05) is 0 Å². The molecule has 1 aromatic carbocycles. The second kappa shape index (κ2) is 6.63. The van der Waals surface area contributed by atoms with Gasteiger partial charge in [-0.1, -0.05) is 41.1 Å². The lowest BCUT2D eigenvalue weighted by Gasteiger charge is -2.27. The molecule has 2 N–H and O–H groups in total. The highest BCUT2D eigenvalue weighted by atomic mass is 79.9. The van der Waals surface area contributed by atoms with Crippen molar-refractivity contribution < 1.29 is 0 Å². The highest BCUT2D eigenvalue weighted by molar-refractivity contribution is 9.10. The van der Waals surface area contributed by atoms with E-state index in [9.17, 15) is 0 Å². The number of nitrogens with two attached hydrogens (primary N) is 1. The summed E-state index contributed by atoms with van der Waals surface area (Å²) in [5.41, 5.74) is 9.53. The number of hydrogen-bond donors (Lipinski definition) is 1. The van der Waals surface area contributed by atoms with Crippen molar-refractivity contribution in [3.63, 3.8) is 0 Å². The molecule has 1 unspecified atom stereocenters. The second-order valence-electron chi connectivity index (χ2n) is 5.45. The summed E-state index contributed by atoms with van der Waals surface area (Å²) in [6.07, 6.45) is 1.65. The van der Waals surface area contributed by atoms with E-state index in [1.165, 1.54) is 0 Å². The molecule has 0 radical (unpaired) electrons. The molecule has 0 saturated heterocycles. The Labute approximate surface area is 143 Å². The summed E-state index contributed by atoms with van der Waals surface area (Å²) < 4.78 is 4.19. The van der Waals surface area contributed by atoms with Crippen LogP contribution in [0, 0.1) is 0 Å². The van der Waals surface area contributed by atoms with Gasteiger partial charge < -0.3 is 5.73 Å². The molecule has 0 spiro atoms. The molecule has 2 aromatic rings. The summed E-state index contributed by atoms with van der Waals surface area (Å²) >= 11 is 7.30. The summed E-state index contributed by atoms with van der Waals surface area (Å²) in [5, 5.41) is 4.65. The fraction of sp³-hybridized carbons (Fsp3) is 0.438. The van der Waals surface area contributed by atoms with E-state index in [-0.39, 0.29) is 0 Å². The van der Waals surface area contributed by atoms with Crippen LogP contribution in [-0.4, -0.2) is 9.78 Å². The van der Waals surface area contributed by atoms with E-state index in [4.69, 9.17) is 5.73 Å². The fourth-order valence-electron chi connectivity index (χ4n) is 2.55. The minimum Gasteiger partial charge on any atom is -0.321 e. The molecule has 0 bridgehead atoms. The molecule has 0 aliphatic carbocycles. The Morgan fingerprint density at radius 3 is 2.48 bits per heavy atom. The summed E-state index contributed by atoms with van der Waals surface area (Å²) in [6.45, 7) is 7.14. The second-order valence-corrected chi connectivity index (χ2v) is 7.10.